The summed E-state index contributed by atoms with van der Waals surface area (Å²) in [6, 6.07) is 10.2. The topological polar surface area (TPSA) is 88.6 Å². The molecule has 1 atom stereocenters. The van der Waals surface area contributed by atoms with E-state index in [1.54, 1.807) is 25.3 Å². The fourth-order valence-electron chi connectivity index (χ4n) is 3.67. The van der Waals surface area contributed by atoms with Crippen LogP contribution in [-0.4, -0.2) is 42.7 Å². The van der Waals surface area contributed by atoms with E-state index in [2.05, 4.69) is 9.69 Å². The number of rotatable bonds is 6. The zero-order valence-corrected chi connectivity index (χ0v) is 19.3. The predicted molar refractivity (Wildman–Crippen MR) is 122 cm³/mol. The SMILES string of the molecule is CCOc1ccc(Cl)cc1S(=O)(=O)N1CCCC(C(=O)Nc2ccc3sncc3c2)C1. The van der Waals surface area contributed by atoms with E-state index in [1.165, 1.54) is 21.9 Å². The first-order valence-corrected chi connectivity index (χ1v) is 12.6. The van der Waals surface area contributed by atoms with Gasteiger partial charge in [0.1, 0.15) is 10.6 Å². The highest BCUT2D eigenvalue weighted by Crippen LogP contribution is 2.32. The van der Waals surface area contributed by atoms with Crippen LogP contribution in [-0.2, 0) is 14.8 Å². The van der Waals surface area contributed by atoms with Gasteiger partial charge in [-0.3, -0.25) is 4.79 Å². The van der Waals surface area contributed by atoms with E-state index in [9.17, 15) is 13.2 Å². The van der Waals surface area contributed by atoms with Crippen molar-refractivity contribution >= 4 is 54.8 Å². The lowest BCUT2D eigenvalue weighted by Crippen LogP contribution is -2.43. The van der Waals surface area contributed by atoms with Gasteiger partial charge in [-0.15, -0.1) is 0 Å². The zero-order chi connectivity index (χ0) is 22.0. The highest BCUT2D eigenvalue weighted by molar-refractivity contribution is 7.89. The minimum atomic E-state index is -3.86. The third-order valence-corrected chi connectivity index (χ3v) is 8.10. The van der Waals surface area contributed by atoms with Gasteiger partial charge in [-0.1, -0.05) is 11.6 Å². The molecule has 10 heteroatoms. The monoisotopic (exact) mass is 479 g/mol. The van der Waals surface area contributed by atoms with Crippen molar-refractivity contribution in [3.8, 4) is 5.75 Å². The molecule has 0 bridgehead atoms. The Balaban J connectivity index is 1.52. The van der Waals surface area contributed by atoms with Crippen LogP contribution in [0.5, 0.6) is 5.75 Å². The fraction of sp³-hybridized carbons (Fsp3) is 0.333. The van der Waals surface area contributed by atoms with Crippen molar-refractivity contribution in [1.29, 1.82) is 0 Å². The molecule has 3 aromatic rings. The van der Waals surface area contributed by atoms with E-state index < -0.39 is 15.9 Å². The maximum atomic E-state index is 13.3. The van der Waals surface area contributed by atoms with Crippen LogP contribution in [0, 0.1) is 5.92 Å². The van der Waals surface area contributed by atoms with Crippen LogP contribution >= 0.6 is 23.1 Å². The van der Waals surface area contributed by atoms with Gasteiger partial charge in [-0.25, -0.2) is 8.42 Å². The summed E-state index contributed by atoms with van der Waals surface area (Å²) in [4.78, 5) is 12.9. The summed E-state index contributed by atoms with van der Waals surface area (Å²) < 4.78 is 38.7. The summed E-state index contributed by atoms with van der Waals surface area (Å²) in [5.74, 6) is -0.385. The van der Waals surface area contributed by atoms with Gasteiger partial charge < -0.3 is 10.1 Å². The summed E-state index contributed by atoms with van der Waals surface area (Å²) >= 11 is 7.45. The second-order valence-electron chi connectivity index (χ2n) is 7.29. The Morgan fingerprint density at radius 1 is 1.32 bits per heavy atom. The van der Waals surface area contributed by atoms with E-state index in [1.807, 2.05) is 18.2 Å². The average Bonchev–Trinajstić information content (AvgIpc) is 3.23. The Hall–Kier alpha value is -2.20. The number of carbonyl (C=O) groups is 1. The number of piperidine rings is 1. The van der Waals surface area contributed by atoms with Gasteiger partial charge >= 0.3 is 0 Å². The van der Waals surface area contributed by atoms with Gasteiger partial charge in [0.15, 0.2) is 0 Å². The van der Waals surface area contributed by atoms with Crippen molar-refractivity contribution in [2.45, 2.75) is 24.7 Å². The molecular formula is C21H22ClN3O4S2. The van der Waals surface area contributed by atoms with Gasteiger partial charge in [-0.2, -0.15) is 8.68 Å². The number of fused-ring (bicyclic) bond motifs is 1. The molecule has 1 N–H and O–H groups in total. The smallest absolute Gasteiger partial charge is 0.246 e. The molecule has 1 aliphatic rings. The number of aromatic nitrogens is 1. The quantitative estimate of drug-likeness (QED) is 0.566. The number of nitrogens with zero attached hydrogens (tertiary/aromatic N) is 2. The van der Waals surface area contributed by atoms with Crippen LogP contribution in [0.3, 0.4) is 0 Å². The number of ether oxygens (including phenoxy) is 1. The van der Waals surface area contributed by atoms with Gasteiger partial charge in [0.25, 0.3) is 0 Å². The van der Waals surface area contributed by atoms with Gasteiger partial charge in [0.2, 0.25) is 15.9 Å². The van der Waals surface area contributed by atoms with Gasteiger partial charge in [0, 0.05) is 35.4 Å². The molecule has 4 rings (SSSR count). The minimum Gasteiger partial charge on any atom is -0.492 e. The molecule has 1 unspecified atom stereocenters. The molecule has 1 aromatic heterocycles. The molecule has 7 nitrogen and oxygen atoms in total. The Morgan fingerprint density at radius 2 is 2.16 bits per heavy atom. The van der Waals surface area contributed by atoms with E-state index in [-0.39, 0.29) is 23.1 Å². The number of anilines is 1. The van der Waals surface area contributed by atoms with Gasteiger partial charge in [-0.05, 0) is 67.7 Å². The number of hydrogen-bond donors (Lipinski definition) is 1. The largest absolute Gasteiger partial charge is 0.492 e. The molecule has 1 amide bonds. The average molecular weight is 480 g/mol. The lowest BCUT2D eigenvalue weighted by atomic mass is 9.98. The van der Waals surface area contributed by atoms with Crippen LogP contribution in [0.25, 0.3) is 10.1 Å². The first kappa shape index (κ1) is 22.0. The van der Waals surface area contributed by atoms with Crippen molar-refractivity contribution in [3.63, 3.8) is 0 Å². The second kappa shape index (κ2) is 9.12. The molecule has 2 aromatic carbocycles. The van der Waals surface area contributed by atoms with Gasteiger partial charge in [0.05, 0.1) is 17.2 Å². The molecule has 0 radical (unpaired) electrons. The Bertz CT molecular complexity index is 1210. The van der Waals surface area contributed by atoms with Crippen LogP contribution in [0.15, 0.2) is 47.5 Å². The van der Waals surface area contributed by atoms with E-state index in [0.717, 1.165) is 10.1 Å². The Kier molecular flexibility index (Phi) is 6.47. The van der Waals surface area contributed by atoms with Crippen molar-refractivity contribution in [2.75, 3.05) is 25.0 Å². The van der Waals surface area contributed by atoms with Crippen molar-refractivity contribution in [3.05, 3.63) is 47.6 Å². The third kappa shape index (κ3) is 4.69. The lowest BCUT2D eigenvalue weighted by molar-refractivity contribution is -0.120. The maximum absolute atomic E-state index is 13.3. The van der Waals surface area contributed by atoms with E-state index in [0.29, 0.717) is 36.7 Å². The zero-order valence-electron chi connectivity index (χ0n) is 16.9. The number of carbonyl (C=O) groups excluding carboxylic acids is 1. The van der Waals surface area contributed by atoms with Crippen LogP contribution < -0.4 is 10.1 Å². The summed E-state index contributed by atoms with van der Waals surface area (Å²) in [5.41, 5.74) is 0.672. The number of benzene rings is 2. The van der Waals surface area contributed by atoms with Crippen molar-refractivity contribution in [2.24, 2.45) is 5.92 Å². The molecule has 0 saturated carbocycles. The summed E-state index contributed by atoms with van der Waals surface area (Å²) in [6.45, 7) is 2.57. The fourth-order valence-corrected chi connectivity index (χ4v) is 6.21. The minimum absolute atomic E-state index is 0.0262. The number of amides is 1. The molecule has 1 fully saturated rings. The third-order valence-electron chi connectivity index (χ3n) is 5.20. The number of nitrogens with one attached hydrogen (secondary N) is 1. The molecule has 31 heavy (non-hydrogen) atoms. The molecule has 164 valence electrons. The van der Waals surface area contributed by atoms with Crippen LogP contribution in [0.2, 0.25) is 5.02 Å². The van der Waals surface area contributed by atoms with Crippen molar-refractivity contribution < 1.29 is 17.9 Å². The highest BCUT2D eigenvalue weighted by Gasteiger charge is 2.35. The maximum Gasteiger partial charge on any atom is 0.246 e. The number of sulfonamides is 1. The van der Waals surface area contributed by atoms with Crippen LogP contribution in [0.1, 0.15) is 19.8 Å². The van der Waals surface area contributed by atoms with Crippen LogP contribution in [0.4, 0.5) is 5.69 Å². The summed E-state index contributed by atoms with van der Waals surface area (Å²) in [6.07, 6.45) is 2.97. The Labute approximate surface area is 190 Å². The standard InChI is InChI=1S/C21H22ClN3O4S2/c1-2-29-18-7-5-16(22)11-20(18)31(27,28)25-9-3-4-14(13-25)21(26)24-17-6-8-19-15(10-17)12-23-30-19/h5-8,10-12,14H,2-4,9,13H2,1H3,(H,24,26). The number of halogens is 1. The normalized spacial score (nSPS) is 17.5. The predicted octanol–water partition coefficient (Wildman–Crippen LogP) is 4.39. The first-order valence-electron chi connectivity index (χ1n) is 9.96. The summed E-state index contributed by atoms with van der Waals surface area (Å²) in [7, 11) is -3.86. The second-order valence-corrected chi connectivity index (χ2v) is 10.5. The molecule has 1 saturated heterocycles. The molecule has 1 aliphatic heterocycles. The van der Waals surface area contributed by atoms with E-state index in [4.69, 9.17) is 16.3 Å². The van der Waals surface area contributed by atoms with E-state index >= 15 is 0 Å². The molecule has 0 aliphatic carbocycles. The highest BCUT2D eigenvalue weighted by atomic mass is 35.5. The van der Waals surface area contributed by atoms with Crippen molar-refractivity contribution in [1.82, 2.24) is 8.68 Å². The lowest BCUT2D eigenvalue weighted by Gasteiger charge is -2.31. The molecule has 2 heterocycles. The molecular weight excluding hydrogens is 458 g/mol. The summed E-state index contributed by atoms with van der Waals surface area (Å²) in [5, 5.41) is 4.19. The molecule has 0 spiro atoms. The number of hydrogen-bond acceptors (Lipinski definition) is 6. The first-order chi connectivity index (χ1) is 14.9. The Morgan fingerprint density at radius 3 is 2.97 bits per heavy atom.